The van der Waals surface area contributed by atoms with E-state index in [0.29, 0.717) is 0 Å². The summed E-state index contributed by atoms with van der Waals surface area (Å²) < 4.78 is 0. The highest BCUT2D eigenvalue weighted by Gasteiger charge is 2.04. The fourth-order valence-electron chi connectivity index (χ4n) is 0.103. The molecule has 0 aromatic rings. The van der Waals surface area contributed by atoms with Crippen LogP contribution in [-0.2, 0) is 0 Å². The lowest BCUT2D eigenvalue weighted by Crippen LogP contribution is -2.02. The van der Waals surface area contributed by atoms with Crippen LogP contribution in [-0.4, -0.2) is 5.38 Å². The fraction of sp³-hybridized carbons (Fsp3) is 0.800. The molecule has 2 atom stereocenters. The number of halogens is 1. The Hall–Kier alpha value is -0.220. The number of nitriles is 1. The van der Waals surface area contributed by atoms with Crippen LogP contribution in [0.5, 0.6) is 0 Å². The number of nitrogens with zero attached hydrogens (tertiary/aromatic N) is 1. The van der Waals surface area contributed by atoms with Gasteiger partial charge in [-0.1, -0.05) is 0 Å². The Labute approximate surface area is 48.9 Å². The molecule has 0 rings (SSSR count). The monoisotopic (exact) mass is 117 g/mol. The van der Waals surface area contributed by atoms with Crippen molar-refractivity contribution in [3.8, 4) is 6.07 Å². The Kier molecular flexibility index (Phi) is 2.78. The van der Waals surface area contributed by atoms with Gasteiger partial charge in [-0.25, -0.2) is 0 Å². The summed E-state index contributed by atoms with van der Waals surface area (Å²) in [5.74, 6) is -0.0262. The van der Waals surface area contributed by atoms with E-state index in [1.165, 1.54) is 0 Å². The van der Waals surface area contributed by atoms with Crippen molar-refractivity contribution in [1.29, 1.82) is 5.26 Å². The third-order valence-electron chi connectivity index (χ3n) is 0.893. The molecule has 0 bridgehead atoms. The molecule has 0 amide bonds. The molecular weight excluding hydrogens is 110 g/mol. The van der Waals surface area contributed by atoms with Gasteiger partial charge in [0, 0.05) is 5.38 Å². The molecule has 0 N–H and O–H groups in total. The molecule has 0 aromatic heterocycles. The Morgan fingerprint density at radius 3 is 2.00 bits per heavy atom. The average Bonchev–Trinajstić information content (AvgIpc) is 1.65. The highest BCUT2D eigenvalue weighted by molar-refractivity contribution is 6.20. The molecule has 7 heavy (non-hydrogen) atoms. The smallest absolute Gasteiger partial charge is 0.0668 e. The Morgan fingerprint density at radius 1 is 1.57 bits per heavy atom. The molecule has 0 aromatic carbocycles. The van der Waals surface area contributed by atoms with E-state index >= 15 is 0 Å². The van der Waals surface area contributed by atoms with E-state index in [1.54, 1.807) is 6.92 Å². The lowest BCUT2D eigenvalue weighted by Gasteiger charge is -1.99. The van der Waals surface area contributed by atoms with E-state index in [-0.39, 0.29) is 11.3 Å². The zero-order valence-corrected chi connectivity index (χ0v) is 5.24. The molecule has 0 aliphatic rings. The zero-order chi connectivity index (χ0) is 5.86. The summed E-state index contributed by atoms with van der Waals surface area (Å²) in [6, 6.07) is 2.03. The molecule has 1 unspecified atom stereocenters. The Balaban J connectivity index is 3.40. The molecule has 0 fully saturated rings. The standard InChI is InChI=1S/C5H8ClN/c1-4(3-7)5(2)6/h4-5H,1-2H3/t4-,5?/m1/s1. The summed E-state index contributed by atoms with van der Waals surface area (Å²) in [5, 5.41) is 8.15. The zero-order valence-electron chi connectivity index (χ0n) is 4.48. The van der Waals surface area contributed by atoms with Crippen molar-refractivity contribution in [1.82, 2.24) is 0 Å². The van der Waals surface area contributed by atoms with Gasteiger partial charge in [0.15, 0.2) is 0 Å². The number of hydrogen-bond acceptors (Lipinski definition) is 1. The quantitative estimate of drug-likeness (QED) is 0.481. The lowest BCUT2D eigenvalue weighted by atomic mass is 10.1. The van der Waals surface area contributed by atoms with E-state index in [4.69, 9.17) is 16.9 Å². The molecule has 40 valence electrons. The molecule has 0 spiro atoms. The SMILES string of the molecule is CC(Cl)[C@H](C)C#N. The molecule has 0 radical (unpaired) electrons. The van der Waals surface area contributed by atoms with E-state index in [0.717, 1.165) is 0 Å². The van der Waals surface area contributed by atoms with Crippen LogP contribution in [0.3, 0.4) is 0 Å². The van der Waals surface area contributed by atoms with E-state index in [9.17, 15) is 0 Å². The van der Waals surface area contributed by atoms with Crippen LogP contribution in [0.25, 0.3) is 0 Å². The van der Waals surface area contributed by atoms with Gasteiger partial charge >= 0.3 is 0 Å². The van der Waals surface area contributed by atoms with Gasteiger partial charge in [0.05, 0.1) is 12.0 Å². The predicted octanol–water partition coefficient (Wildman–Crippen LogP) is 1.77. The van der Waals surface area contributed by atoms with E-state index in [2.05, 4.69) is 0 Å². The first-order valence-electron chi connectivity index (χ1n) is 2.22. The van der Waals surface area contributed by atoms with Gasteiger partial charge in [-0.05, 0) is 13.8 Å². The van der Waals surface area contributed by atoms with Crippen molar-refractivity contribution in [2.75, 3.05) is 0 Å². The molecule has 0 aliphatic heterocycles. The van der Waals surface area contributed by atoms with Gasteiger partial charge in [0.25, 0.3) is 0 Å². The normalized spacial score (nSPS) is 17.4. The summed E-state index contributed by atoms with van der Waals surface area (Å²) in [6.07, 6.45) is 0. The first-order chi connectivity index (χ1) is 3.18. The van der Waals surface area contributed by atoms with Crippen LogP contribution in [0.1, 0.15) is 13.8 Å². The van der Waals surface area contributed by atoms with Crippen molar-refractivity contribution in [2.45, 2.75) is 19.2 Å². The summed E-state index contributed by atoms with van der Waals surface area (Å²) in [4.78, 5) is 0. The summed E-state index contributed by atoms with van der Waals surface area (Å²) in [6.45, 7) is 3.62. The molecular formula is C5H8ClN. The lowest BCUT2D eigenvalue weighted by molar-refractivity contribution is 0.722. The molecule has 0 saturated carbocycles. The van der Waals surface area contributed by atoms with Gasteiger partial charge in [0.1, 0.15) is 0 Å². The maximum atomic E-state index is 8.17. The maximum Gasteiger partial charge on any atom is 0.0668 e. The molecule has 0 aliphatic carbocycles. The summed E-state index contributed by atoms with van der Waals surface area (Å²) >= 11 is 5.51. The van der Waals surface area contributed by atoms with Crippen molar-refractivity contribution in [2.24, 2.45) is 5.92 Å². The Bertz CT molecular complexity index is 82.6. The van der Waals surface area contributed by atoms with Gasteiger partial charge in [-0.2, -0.15) is 5.26 Å². The van der Waals surface area contributed by atoms with Gasteiger partial charge in [0.2, 0.25) is 0 Å². The van der Waals surface area contributed by atoms with Crippen molar-refractivity contribution in [3.05, 3.63) is 0 Å². The molecule has 1 nitrogen and oxygen atoms in total. The average molecular weight is 118 g/mol. The van der Waals surface area contributed by atoms with Crippen LogP contribution in [0, 0.1) is 17.2 Å². The van der Waals surface area contributed by atoms with E-state index in [1.807, 2.05) is 13.0 Å². The van der Waals surface area contributed by atoms with Gasteiger partial charge in [-0.3, -0.25) is 0 Å². The van der Waals surface area contributed by atoms with Crippen LogP contribution in [0.15, 0.2) is 0 Å². The minimum absolute atomic E-state index is 0.0231. The minimum atomic E-state index is -0.0262. The second-order valence-corrected chi connectivity index (χ2v) is 2.28. The summed E-state index contributed by atoms with van der Waals surface area (Å²) in [5.41, 5.74) is 0. The third-order valence-corrected chi connectivity index (χ3v) is 1.27. The van der Waals surface area contributed by atoms with Crippen LogP contribution < -0.4 is 0 Å². The Morgan fingerprint density at radius 2 is 2.00 bits per heavy atom. The van der Waals surface area contributed by atoms with Crippen LogP contribution in [0.4, 0.5) is 0 Å². The second-order valence-electron chi connectivity index (χ2n) is 1.60. The molecule has 0 heterocycles. The number of rotatable bonds is 1. The van der Waals surface area contributed by atoms with Gasteiger partial charge < -0.3 is 0 Å². The maximum absolute atomic E-state index is 8.17. The van der Waals surface area contributed by atoms with Crippen LogP contribution in [0.2, 0.25) is 0 Å². The highest BCUT2D eigenvalue weighted by Crippen LogP contribution is 2.06. The number of alkyl halides is 1. The molecule has 0 saturated heterocycles. The van der Waals surface area contributed by atoms with Crippen molar-refractivity contribution >= 4 is 11.6 Å². The third kappa shape index (κ3) is 2.47. The minimum Gasteiger partial charge on any atom is -0.198 e. The molecule has 2 heteroatoms. The second kappa shape index (κ2) is 2.87. The van der Waals surface area contributed by atoms with Crippen molar-refractivity contribution in [3.63, 3.8) is 0 Å². The van der Waals surface area contributed by atoms with Crippen LogP contribution >= 0.6 is 11.6 Å². The topological polar surface area (TPSA) is 23.8 Å². The highest BCUT2D eigenvalue weighted by atomic mass is 35.5. The first kappa shape index (κ1) is 6.78. The number of hydrogen-bond donors (Lipinski definition) is 0. The predicted molar refractivity (Wildman–Crippen MR) is 30.1 cm³/mol. The summed E-state index contributed by atoms with van der Waals surface area (Å²) in [7, 11) is 0. The largest absolute Gasteiger partial charge is 0.198 e. The fourth-order valence-corrected chi connectivity index (χ4v) is 0.159. The first-order valence-corrected chi connectivity index (χ1v) is 2.65. The van der Waals surface area contributed by atoms with Gasteiger partial charge in [-0.15, -0.1) is 11.6 Å². The van der Waals surface area contributed by atoms with Crippen molar-refractivity contribution < 1.29 is 0 Å². The van der Waals surface area contributed by atoms with E-state index < -0.39 is 0 Å².